The van der Waals surface area contributed by atoms with Gasteiger partial charge in [-0.2, -0.15) is 0 Å². The first-order valence-electron chi connectivity index (χ1n) is 4.88. The summed E-state index contributed by atoms with van der Waals surface area (Å²) in [6.07, 6.45) is 1.63. The molecule has 0 saturated carbocycles. The van der Waals surface area contributed by atoms with Crippen molar-refractivity contribution in [2.45, 2.75) is 0 Å². The number of amides is 1. The lowest BCUT2D eigenvalue weighted by Gasteiger charge is -1.97. The lowest BCUT2D eigenvalue weighted by molar-refractivity contribution is 0.0954. The normalized spacial score (nSPS) is 10.3. The van der Waals surface area contributed by atoms with Gasteiger partial charge in [0, 0.05) is 22.5 Å². The molecule has 0 saturated heterocycles. The van der Waals surface area contributed by atoms with Crippen molar-refractivity contribution in [1.82, 2.24) is 10.3 Å². The molecular formula is C12H11ClN2O. The van der Waals surface area contributed by atoms with Crippen LogP contribution in [0.15, 0.2) is 36.9 Å². The van der Waals surface area contributed by atoms with Gasteiger partial charge in [-0.15, -0.1) is 6.58 Å². The van der Waals surface area contributed by atoms with Gasteiger partial charge in [-0.25, -0.2) is 0 Å². The van der Waals surface area contributed by atoms with Gasteiger partial charge in [0.1, 0.15) is 5.69 Å². The first-order valence-corrected chi connectivity index (χ1v) is 5.26. The average molecular weight is 235 g/mol. The molecule has 3 nitrogen and oxygen atoms in total. The van der Waals surface area contributed by atoms with Crippen molar-refractivity contribution in [1.29, 1.82) is 0 Å². The number of aromatic amines is 1. The molecule has 0 fully saturated rings. The predicted octanol–water partition coefficient (Wildman–Crippen LogP) is 2.74. The summed E-state index contributed by atoms with van der Waals surface area (Å²) in [4.78, 5) is 14.7. The maximum Gasteiger partial charge on any atom is 0.267 e. The molecule has 1 aromatic carbocycles. The number of aromatic nitrogens is 1. The quantitative estimate of drug-likeness (QED) is 0.788. The van der Waals surface area contributed by atoms with Gasteiger partial charge in [-0.1, -0.05) is 23.7 Å². The van der Waals surface area contributed by atoms with Crippen LogP contribution in [0.4, 0.5) is 0 Å². The molecule has 2 N–H and O–H groups in total. The van der Waals surface area contributed by atoms with E-state index in [9.17, 15) is 4.79 Å². The highest BCUT2D eigenvalue weighted by Gasteiger charge is 2.09. The summed E-state index contributed by atoms with van der Waals surface area (Å²) in [5.74, 6) is -0.160. The van der Waals surface area contributed by atoms with Gasteiger partial charge in [0.05, 0.1) is 0 Å². The molecule has 16 heavy (non-hydrogen) atoms. The van der Waals surface area contributed by atoms with E-state index in [4.69, 9.17) is 11.6 Å². The summed E-state index contributed by atoms with van der Waals surface area (Å²) in [7, 11) is 0. The molecule has 0 unspecified atom stereocenters. The van der Waals surface area contributed by atoms with Crippen LogP contribution in [-0.4, -0.2) is 17.4 Å². The minimum Gasteiger partial charge on any atom is -0.350 e. The Bertz CT molecular complexity index is 545. The summed E-state index contributed by atoms with van der Waals surface area (Å²) in [6.45, 7) is 3.98. The molecule has 0 aliphatic carbocycles. The Balaban J connectivity index is 2.36. The number of carbonyl (C=O) groups is 1. The number of fused-ring (bicyclic) bond motifs is 1. The minimum absolute atomic E-state index is 0.160. The molecule has 0 bridgehead atoms. The van der Waals surface area contributed by atoms with Crippen molar-refractivity contribution in [3.8, 4) is 0 Å². The van der Waals surface area contributed by atoms with E-state index in [1.54, 1.807) is 18.2 Å². The van der Waals surface area contributed by atoms with Crippen LogP contribution in [0.25, 0.3) is 10.9 Å². The highest BCUT2D eigenvalue weighted by molar-refractivity contribution is 6.35. The lowest BCUT2D eigenvalue weighted by Crippen LogP contribution is -2.23. The monoisotopic (exact) mass is 234 g/mol. The largest absolute Gasteiger partial charge is 0.350 e. The van der Waals surface area contributed by atoms with Gasteiger partial charge in [0.2, 0.25) is 0 Å². The molecule has 2 rings (SSSR count). The van der Waals surface area contributed by atoms with Crippen LogP contribution < -0.4 is 5.32 Å². The van der Waals surface area contributed by atoms with E-state index in [0.29, 0.717) is 17.3 Å². The van der Waals surface area contributed by atoms with Crippen molar-refractivity contribution in [2.75, 3.05) is 6.54 Å². The van der Waals surface area contributed by atoms with Crippen molar-refractivity contribution < 1.29 is 4.79 Å². The van der Waals surface area contributed by atoms with Gasteiger partial charge in [-0.05, 0) is 18.2 Å². The van der Waals surface area contributed by atoms with E-state index in [1.807, 2.05) is 12.1 Å². The van der Waals surface area contributed by atoms with E-state index >= 15 is 0 Å². The second-order valence-electron chi connectivity index (χ2n) is 3.38. The second kappa shape index (κ2) is 4.41. The summed E-state index contributed by atoms with van der Waals surface area (Å²) >= 11 is 6.01. The topological polar surface area (TPSA) is 44.9 Å². The van der Waals surface area contributed by atoms with Crippen molar-refractivity contribution >= 4 is 28.4 Å². The Hall–Kier alpha value is -1.74. The zero-order valence-electron chi connectivity index (χ0n) is 8.59. The van der Waals surface area contributed by atoms with Gasteiger partial charge in [0.25, 0.3) is 5.91 Å². The van der Waals surface area contributed by atoms with Crippen LogP contribution in [0.3, 0.4) is 0 Å². The Morgan fingerprint density at radius 2 is 2.38 bits per heavy atom. The van der Waals surface area contributed by atoms with E-state index < -0.39 is 0 Å². The van der Waals surface area contributed by atoms with E-state index in [-0.39, 0.29) is 5.91 Å². The Morgan fingerprint density at radius 1 is 1.56 bits per heavy atom. The molecule has 4 heteroatoms. The highest BCUT2D eigenvalue weighted by Crippen LogP contribution is 2.23. The van der Waals surface area contributed by atoms with Gasteiger partial charge in [-0.3, -0.25) is 4.79 Å². The third kappa shape index (κ3) is 1.95. The van der Waals surface area contributed by atoms with Crippen LogP contribution in [0.5, 0.6) is 0 Å². The molecular weight excluding hydrogens is 224 g/mol. The SMILES string of the molecule is C=CCNC(=O)c1cc2c(Cl)cccc2[nH]1. The van der Waals surface area contributed by atoms with Gasteiger partial charge < -0.3 is 10.3 Å². The Kier molecular flexibility index (Phi) is 2.97. The number of hydrogen-bond donors (Lipinski definition) is 2. The molecule has 0 aliphatic rings. The zero-order valence-corrected chi connectivity index (χ0v) is 9.34. The van der Waals surface area contributed by atoms with Crippen LogP contribution >= 0.6 is 11.6 Å². The molecule has 82 valence electrons. The number of hydrogen-bond acceptors (Lipinski definition) is 1. The first kappa shape index (κ1) is 10.8. The number of H-pyrrole nitrogens is 1. The van der Waals surface area contributed by atoms with E-state index in [2.05, 4.69) is 16.9 Å². The van der Waals surface area contributed by atoms with Crippen molar-refractivity contribution in [3.05, 3.63) is 47.6 Å². The molecule has 0 radical (unpaired) electrons. The molecule has 0 atom stereocenters. The number of benzene rings is 1. The fourth-order valence-corrected chi connectivity index (χ4v) is 1.73. The third-order valence-corrected chi connectivity index (χ3v) is 2.59. The Labute approximate surface area is 98.1 Å². The maximum atomic E-state index is 11.7. The van der Waals surface area contributed by atoms with E-state index in [0.717, 1.165) is 10.9 Å². The van der Waals surface area contributed by atoms with Crippen molar-refractivity contribution in [3.63, 3.8) is 0 Å². The molecule has 1 aromatic heterocycles. The van der Waals surface area contributed by atoms with Crippen molar-refractivity contribution in [2.24, 2.45) is 0 Å². The summed E-state index contributed by atoms with van der Waals surface area (Å²) in [5, 5.41) is 4.19. The summed E-state index contributed by atoms with van der Waals surface area (Å²) in [5.41, 5.74) is 1.36. The number of nitrogens with one attached hydrogen (secondary N) is 2. The maximum absolute atomic E-state index is 11.7. The average Bonchev–Trinajstić information content (AvgIpc) is 2.71. The molecule has 1 heterocycles. The molecule has 1 amide bonds. The minimum atomic E-state index is -0.160. The highest BCUT2D eigenvalue weighted by atomic mass is 35.5. The second-order valence-corrected chi connectivity index (χ2v) is 3.79. The zero-order chi connectivity index (χ0) is 11.5. The fraction of sp³-hybridized carbons (Fsp3) is 0.0833. The number of halogens is 1. The van der Waals surface area contributed by atoms with Crippen LogP contribution in [0, 0.1) is 0 Å². The Morgan fingerprint density at radius 3 is 3.06 bits per heavy atom. The third-order valence-electron chi connectivity index (χ3n) is 2.26. The van der Waals surface area contributed by atoms with Crippen LogP contribution in [0.2, 0.25) is 5.02 Å². The van der Waals surface area contributed by atoms with Crippen LogP contribution in [-0.2, 0) is 0 Å². The standard InChI is InChI=1S/C12H11ClN2O/c1-2-6-14-12(16)11-7-8-9(13)4-3-5-10(8)15-11/h2-5,7,15H,1,6H2,(H,14,16). The lowest BCUT2D eigenvalue weighted by atomic mass is 10.2. The summed E-state index contributed by atoms with van der Waals surface area (Å²) < 4.78 is 0. The summed E-state index contributed by atoms with van der Waals surface area (Å²) in [6, 6.07) is 7.26. The smallest absolute Gasteiger partial charge is 0.267 e. The predicted molar refractivity (Wildman–Crippen MR) is 65.8 cm³/mol. The first-order chi connectivity index (χ1) is 7.72. The fourth-order valence-electron chi connectivity index (χ4n) is 1.50. The molecule has 2 aromatic rings. The number of carbonyl (C=O) groups excluding carboxylic acids is 1. The number of rotatable bonds is 3. The van der Waals surface area contributed by atoms with Gasteiger partial charge >= 0.3 is 0 Å². The van der Waals surface area contributed by atoms with E-state index in [1.165, 1.54) is 0 Å². The van der Waals surface area contributed by atoms with Crippen LogP contribution in [0.1, 0.15) is 10.5 Å². The van der Waals surface area contributed by atoms with Gasteiger partial charge in [0.15, 0.2) is 0 Å². The molecule has 0 aliphatic heterocycles. The molecule has 0 spiro atoms.